The molecule has 0 aliphatic carbocycles. The van der Waals surface area contributed by atoms with Crippen molar-refractivity contribution in [2.45, 2.75) is 12.1 Å². The first-order valence-electron chi connectivity index (χ1n) is 11.0. The molecule has 4 rings (SSSR count). The third-order valence-electron chi connectivity index (χ3n) is 5.05. The lowest BCUT2D eigenvalue weighted by molar-refractivity contribution is -0.385. The molecule has 0 unspecified atom stereocenters. The molecule has 1 amide bonds. The van der Waals surface area contributed by atoms with E-state index in [1.54, 1.807) is 24.3 Å². The summed E-state index contributed by atoms with van der Waals surface area (Å²) < 4.78 is 1.92. The van der Waals surface area contributed by atoms with E-state index >= 15 is 0 Å². The summed E-state index contributed by atoms with van der Waals surface area (Å²) in [7, 11) is 0. The van der Waals surface area contributed by atoms with Gasteiger partial charge in [-0.05, 0) is 37.3 Å². The third kappa shape index (κ3) is 6.10. The van der Waals surface area contributed by atoms with Gasteiger partial charge in [-0.1, -0.05) is 71.9 Å². The van der Waals surface area contributed by atoms with E-state index in [1.165, 1.54) is 30.1 Å². The van der Waals surface area contributed by atoms with Crippen LogP contribution in [0.4, 0.5) is 5.69 Å². The third-order valence-corrected chi connectivity index (χ3v) is 5.98. The number of hydrogen-bond acceptors (Lipinski definition) is 7. The van der Waals surface area contributed by atoms with Crippen molar-refractivity contribution < 1.29 is 9.72 Å². The number of hydrogen-bond donors (Lipinski definition) is 1. The van der Waals surface area contributed by atoms with Gasteiger partial charge in [0.25, 0.3) is 11.6 Å². The van der Waals surface area contributed by atoms with Crippen LogP contribution >= 0.6 is 11.8 Å². The van der Waals surface area contributed by atoms with Gasteiger partial charge in [0.1, 0.15) is 0 Å². The average Bonchev–Trinajstić information content (AvgIpc) is 3.32. The molecule has 4 aromatic rings. The number of carbonyl (C=O) groups is 1. The molecule has 9 nitrogen and oxygen atoms in total. The molecular weight excluding hydrogens is 476 g/mol. The van der Waals surface area contributed by atoms with Crippen LogP contribution < -0.4 is 5.43 Å². The van der Waals surface area contributed by atoms with Gasteiger partial charge in [-0.2, -0.15) is 5.10 Å². The number of thioether (sulfide) groups is 1. The molecule has 0 saturated heterocycles. The van der Waals surface area contributed by atoms with Gasteiger partial charge in [0.2, 0.25) is 0 Å². The van der Waals surface area contributed by atoms with E-state index in [-0.39, 0.29) is 17.3 Å². The van der Waals surface area contributed by atoms with E-state index in [1.807, 2.05) is 66.1 Å². The van der Waals surface area contributed by atoms with E-state index < -0.39 is 4.92 Å². The number of rotatable bonds is 9. The summed E-state index contributed by atoms with van der Waals surface area (Å²) in [5.41, 5.74) is 5.83. The number of nitrogens with one attached hydrogen (secondary N) is 1. The second-order valence-corrected chi connectivity index (χ2v) is 8.56. The van der Waals surface area contributed by atoms with Crippen molar-refractivity contribution in [2.75, 3.05) is 5.75 Å². The first kappa shape index (κ1) is 24.6. The lowest BCUT2D eigenvalue weighted by Gasteiger charge is -2.10. The van der Waals surface area contributed by atoms with Crippen molar-refractivity contribution in [2.24, 2.45) is 5.10 Å². The summed E-state index contributed by atoms with van der Waals surface area (Å²) in [6.45, 7) is 2.02. The van der Waals surface area contributed by atoms with Crippen molar-refractivity contribution in [1.82, 2.24) is 20.2 Å². The largest absolute Gasteiger partial charge is 0.276 e. The topological polar surface area (TPSA) is 115 Å². The molecule has 0 atom stereocenters. The Balaban J connectivity index is 1.42. The minimum Gasteiger partial charge on any atom is -0.272 e. The molecule has 0 bridgehead atoms. The quantitative estimate of drug-likeness (QED) is 0.149. The molecule has 0 aliphatic rings. The van der Waals surface area contributed by atoms with Crippen LogP contribution in [-0.2, 0) is 4.79 Å². The highest BCUT2D eigenvalue weighted by Crippen LogP contribution is 2.28. The molecule has 3 aromatic carbocycles. The van der Waals surface area contributed by atoms with E-state index in [2.05, 4.69) is 20.7 Å². The molecular formula is C26H22N6O3S. The van der Waals surface area contributed by atoms with Crippen LogP contribution in [-0.4, -0.2) is 37.6 Å². The fourth-order valence-corrected chi connectivity index (χ4v) is 4.06. The molecule has 10 heteroatoms. The summed E-state index contributed by atoms with van der Waals surface area (Å²) in [4.78, 5) is 23.0. The van der Waals surface area contributed by atoms with E-state index in [9.17, 15) is 14.9 Å². The molecule has 0 fully saturated rings. The Morgan fingerprint density at radius 2 is 1.78 bits per heavy atom. The zero-order valence-corrected chi connectivity index (χ0v) is 20.1. The number of amides is 1. The minimum atomic E-state index is -0.450. The molecule has 1 aromatic heterocycles. The van der Waals surface area contributed by atoms with Crippen molar-refractivity contribution in [1.29, 1.82) is 0 Å². The maximum Gasteiger partial charge on any atom is 0.276 e. The fraction of sp³-hybridized carbons (Fsp3) is 0.0769. The SMILES string of the molecule is Cc1ccc(-n2c(SCC(=O)N/N=C/C=C\c3ccccc3[N+](=O)[O-])nnc2-c2ccccc2)cc1. The maximum atomic E-state index is 12.3. The fourth-order valence-electron chi connectivity index (χ4n) is 3.32. The number of nitrogens with zero attached hydrogens (tertiary/aromatic N) is 5. The number of hydrazone groups is 1. The Bertz CT molecular complexity index is 1420. The molecule has 1 heterocycles. The van der Waals surface area contributed by atoms with Crippen molar-refractivity contribution in [3.63, 3.8) is 0 Å². The minimum absolute atomic E-state index is 0.00449. The molecule has 1 N–H and O–H groups in total. The van der Waals surface area contributed by atoms with E-state index in [0.29, 0.717) is 16.5 Å². The normalized spacial score (nSPS) is 11.2. The van der Waals surface area contributed by atoms with Gasteiger partial charge < -0.3 is 0 Å². The number of aromatic nitrogens is 3. The van der Waals surface area contributed by atoms with Gasteiger partial charge in [-0.3, -0.25) is 19.5 Å². The standard InChI is InChI=1S/C26H22N6O3S/c1-19-13-15-22(16-14-19)31-25(21-9-3-2-4-10-21)29-30-26(31)36-18-24(33)28-27-17-7-11-20-8-5-6-12-23(20)32(34)35/h2-17H,18H2,1H3,(H,28,33)/b11-7-,27-17+. The Morgan fingerprint density at radius 1 is 1.06 bits per heavy atom. The van der Waals surface area contributed by atoms with Crippen LogP contribution in [0.5, 0.6) is 0 Å². The lowest BCUT2D eigenvalue weighted by atomic mass is 10.2. The van der Waals surface area contributed by atoms with Gasteiger partial charge in [-0.25, -0.2) is 5.43 Å². The first-order chi connectivity index (χ1) is 17.5. The predicted molar refractivity (Wildman–Crippen MR) is 141 cm³/mol. The van der Waals surface area contributed by atoms with Crippen molar-refractivity contribution in [3.8, 4) is 17.1 Å². The maximum absolute atomic E-state index is 12.3. The first-order valence-corrected chi connectivity index (χ1v) is 11.9. The molecule has 0 radical (unpaired) electrons. The van der Waals surface area contributed by atoms with Gasteiger partial charge in [-0.15, -0.1) is 10.2 Å². The highest BCUT2D eigenvalue weighted by Gasteiger charge is 2.17. The second kappa shape index (κ2) is 11.7. The Labute approximate surface area is 211 Å². The highest BCUT2D eigenvalue weighted by molar-refractivity contribution is 7.99. The van der Waals surface area contributed by atoms with Gasteiger partial charge in [0, 0.05) is 23.5 Å². The van der Waals surface area contributed by atoms with Gasteiger partial charge >= 0.3 is 0 Å². The Kier molecular flexibility index (Phi) is 7.99. The zero-order valence-electron chi connectivity index (χ0n) is 19.3. The number of aryl methyl sites for hydroxylation is 1. The number of para-hydroxylation sites is 1. The number of nitro benzene ring substituents is 1. The molecule has 180 valence electrons. The summed E-state index contributed by atoms with van der Waals surface area (Å²) in [6.07, 6.45) is 4.44. The van der Waals surface area contributed by atoms with E-state index in [4.69, 9.17) is 0 Å². The van der Waals surface area contributed by atoms with Crippen molar-refractivity contribution >= 4 is 35.6 Å². The average molecular weight is 499 g/mol. The van der Waals surface area contributed by atoms with Crippen LogP contribution in [0.15, 0.2) is 95.2 Å². The van der Waals surface area contributed by atoms with Crippen LogP contribution in [0.3, 0.4) is 0 Å². The Morgan fingerprint density at radius 3 is 2.53 bits per heavy atom. The Hall–Kier alpha value is -4.57. The highest BCUT2D eigenvalue weighted by atomic mass is 32.2. The summed E-state index contributed by atoms with van der Waals surface area (Å²) in [5.74, 6) is 0.430. The van der Waals surface area contributed by atoms with Crippen LogP contribution in [0, 0.1) is 17.0 Å². The summed E-state index contributed by atoms with van der Waals surface area (Å²) in [6, 6.07) is 24.1. The number of carbonyl (C=O) groups excluding carboxylic acids is 1. The number of benzene rings is 3. The lowest BCUT2D eigenvalue weighted by Crippen LogP contribution is -2.19. The van der Waals surface area contributed by atoms with Gasteiger partial charge in [0.05, 0.1) is 16.2 Å². The monoisotopic (exact) mass is 498 g/mol. The van der Waals surface area contributed by atoms with Crippen LogP contribution in [0.25, 0.3) is 23.2 Å². The van der Waals surface area contributed by atoms with Crippen LogP contribution in [0.1, 0.15) is 11.1 Å². The predicted octanol–water partition coefficient (Wildman–Crippen LogP) is 5.06. The molecule has 0 spiro atoms. The molecule has 36 heavy (non-hydrogen) atoms. The number of allylic oxidation sites excluding steroid dienone is 1. The summed E-state index contributed by atoms with van der Waals surface area (Å²) >= 11 is 1.25. The van der Waals surface area contributed by atoms with Gasteiger partial charge in [0.15, 0.2) is 11.0 Å². The number of nitro groups is 1. The summed E-state index contributed by atoms with van der Waals surface area (Å²) in [5, 5.41) is 24.2. The molecule has 0 saturated carbocycles. The van der Waals surface area contributed by atoms with E-state index in [0.717, 1.165) is 16.8 Å². The smallest absolute Gasteiger partial charge is 0.272 e. The van der Waals surface area contributed by atoms with Crippen LogP contribution in [0.2, 0.25) is 0 Å². The van der Waals surface area contributed by atoms with Crippen molar-refractivity contribution in [3.05, 3.63) is 106 Å². The molecule has 0 aliphatic heterocycles. The second-order valence-electron chi connectivity index (χ2n) is 7.62. The zero-order chi connectivity index (χ0) is 25.3.